The van der Waals surface area contributed by atoms with Crippen molar-refractivity contribution in [1.29, 1.82) is 0 Å². The molecule has 0 radical (unpaired) electrons. The van der Waals surface area contributed by atoms with Gasteiger partial charge in [0.2, 0.25) is 0 Å². The summed E-state index contributed by atoms with van der Waals surface area (Å²) >= 11 is 0. The van der Waals surface area contributed by atoms with Gasteiger partial charge in [0, 0.05) is 24.3 Å². The van der Waals surface area contributed by atoms with Crippen molar-refractivity contribution in [3.63, 3.8) is 0 Å². The molecule has 24 heavy (non-hydrogen) atoms. The van der Waals surface area contributed by atoms with Gasteiger partial charge in [0.05, 0.1) is 12.5 Å². The molecule has 2 aliphatic rings. The summed E-state index contributed by atoms with van der Waals surface area (Å²) < 4.78 is 1.90. The van der Waals surface area contributed by atoms with Crippen molar-refractivity contribution in [2.75, 3.05) is 20.1 Å². The lowest BCUT2D eigenvalue weighted by Crippen LogP contribution is -2.47. The Morgan fingerprint density at radius 1 is 1.08 bits per heavy atom. The average Bonchev–Trinajstić information content (AvgIpc) is 3.34. The molecule has 2 aliphatic heterocycles. The van der Waals surface area contributed by atoms with Crippen LogP contribution >= 0.6 is 0 Å². The number of imidazole rings is 1. The Balaban J connectivity index is 1.61. The Kier molecular flexibility index (Phi) is 4.10. The number of amides is 1. The molecule has 5 nitrogen and oxygen atoms in total. The largest absolute Gasteiger partial charge is 0.333 e. The second-order valence-electron chi connectivity index (χ2n) is 6.88. The van der Waals surface area contributed by atoms with Crippen LogP contribution in [0, 0.1) is 0 Å². The molecule has 2 fully saturated rings. The van der Waals surface area contributed by atoms with E-state index in [0.717, 1.165) is 31.6 Å². The molecule has 1 aromatic heterocycles. The standard InChI is InChI=1S/C19H24N4O/c1-21-11-5-9-16(21)17-10-6-12-22(17)19(24)18-13-20-14-23(18)15-7-3-2-4-8-15/h2-4,7-8,13-14,16-17H,5-6,9-12H2,1H3/t16-,17-/m1/s1. The van der Waals surface area contributed by atoms with Crippen LogP contribution in [0.5, 0.6) is 0 Å². The fraction of sp³-hybridized carbons (Fsp3) is 0.474. The number of likely N-dealkylation sites (N-methyl/N-ethyl adjacent to an activating group) is 1. The quantitative estimate of drug-likeness (QED) is 0.871. The van der Waals surface area contributed by atoms with E-state index in [1.165, 1.54) is 12.8 Å². The normalized spacial score (nSPS) is 24.6. The fourth-order valence-electron chi connectivity index (χ4n) is 4.26. The van der Waals surface area contributed by atoms with E-state index in [2.05, 4.69) is 21.8 Å². The highest BCUT2D eigenvalue weighted by Crippen LogP contribution is 2.30. The predicted octanol–water partition coefficient (Wildman–Crippen LogP) is 2.57. The molecule has 0 saturated carbocycles. The van der Waals surface area contributed by atoms with E-state index >= 15 is 0 Å². The number of benzene rings is 1. The van der Waals surface area contributed by atoms with Crippen molar-refractivity contribution >= 4 is 5.91 Å². The number of rotatable bonds is 3. The van der Waals surface area contributed by atoms with E-state index in [-0.39, 0.29) is 5.91 Å². The first-order valence-electron chi connectivity index (χ1n) is 8.84. The van der Waals surface area contributed by atoms with Crippen LogP contribution in [0.3, 0.4) is 0 Å². The highest BCUT2D eigenvalue weighted by atomic mass is 16.2. The molecule has 2 atom stereocenters. The van der Waals surface area contributed by atoms with Gasteiger partial charge in [0.25, 0.3) is 5.91 Å². The SMILES string of the molecule is CN1CCC[C@@H]1[C@H]1CCCN1C(=O)c1cncn1-c1ccccc1. The average molecular weight is 324 g/mol. The first kappa shape index (κ1) is 15.4. The topological polar surface area (TPSA) is 41.4 Å². The number of likely N-dealkylation sites (tertiary alicyclic amines) is 2. The molecular formula is C19H24N4O. The number of carbonyl (C=O) groups excluding carboxylic acids is 1. The molecule has 2 aromatic rings. The van der Waals surface area contributed by atoms with Crippen LogP contribution in [-0.2, 0) is 0 Å². The third-order valence-electron chi connectivity index (χ3n) is 5.47. The van der Waals surface area contributed by atoms with Gasteiger partial charge in [0.15, 0.2) is 0 Å². The Morgan fingerprint density at radius 2 is 1.83 bits per heavy atom. The molecule has 5 heteroatoms. The Labute approximate surface area is 142 Å². The summed E-state index contributed by atoms with van der Waals surface area (Å²) in [6.45, 7) is 2.00. The monoisotopic (exact) mass is 324 g/mol. The van der Waals surface area contributed by atoms with Crippen LogP contribution in [0.2, 0.25) is 0 Å². The molecule has 0 N–H and O–H groups in total. The molecule has 2 saturated heterocycles. The highest BCUT2D eigenvalue weighted by Gasteiger charge is 2.39. The van der Waals surface area contributed by atoms with Gasteiger partial charge in [-0.15, -0.1) is 0 Å². The third-order valence-corrected chi connectivity index (χ3v) is 5.47. The van der Waals surface area contributed by atoms with Gasteiger partial charge in [-0.2, -0.15) is 0 Å². The minimum Gasteiger partial charge on any atom is -0.333 e. The van der Waals surface area contributed by atoms with Crippen LogP contribution in [0.15, 0.2) is 42.9 Å². The van der Waals surface area contributed by atoms with Gasteiger partial charge in [-0.25, -0.2) is 4.98 Å². The third kappa shape index (κ3) is 2.63. The zero-order valence-corrected chi connectivity index (χ0v) is 14.1. The zero-order chi connectivity index (χ0) is 16.5. The summed E-state index contributed by atoms with van der Waals surface area (Å²) in [6.07, 6.45) is 8.07. The fourth-order valence-corrected chi connectivity index (χ4v) is 4.26. The number of nitrogens with zero attached hydrogens (tertiary/aromatic N) is 4. The molecule has 0 unspecified atom stereocenters. The number of para-hydroxylation sites is 1. The summed E-state index contributed by atoms with van der Waals surface area (Å²) in [5.74, 6) is 0.110. The first-order valence-corrected chi connectivity index (χ1v) is 8.84. The van der Waals surface area contributed by atoms with Crippen molar-refractivity contribution in [2.24, 2.45) is 0 Å². The lowest BCUT2D eigenvalue weighted by atomic mass is 10.0. The van der Waals surface area contributed by atoms with Gasteiger partial charge < -0.3 is 9.80 Å². The molecule has 0 spiro atoms. The van der Waals surface area contributed by atoms with Crippen molar-refractivity contribution < 1.29 is 4.79 Å². The van der Waals surface area contributed by atoms with Crippen molar-refractivity contribution in [3.05, 3.63) is 48.5 Å². The van der Waals surface area contributed by atoms with Gasteiger partial charge in [-0.3, -0.25) is 9.36 Å². The smallest absolute Gasteiger partial charge is 0.272 e. The van der Waals surface area contributed by atoms with Crippen LogP contribution < -0.4 is 0 Å². The number of aromatic nitrogens is 2. The van der Waals surface area contributed by atoms with Gasteiger partial charge in [0.1, 0.15) is 5.69 Å². The molecule has 3 heterocycles. The molecule has 4 rings (SSSR count). The summed E-state index contributed by atoms with van der Waals surface area (Å²) in [6, 6.07) is 10.8. The summed E-state index contributed by atoms with van der Waals surface area (Å²) in [4.78, 5) is 22.0. The highest BCUT2D eigenvalue weighted by molar-refractivity contribution is 5.93. The molecule has 1 amide bonds. The summed E-state index contributed by atoms with van der Waals surface area (Å²) in [7, 11) is 2.19. The maximum absolute atomic E-state index is 13.2. The minimum atomic E-state index is 0.110. The van der Waals surface area contributed by atoms with Crippen LogP contribution in [-0.4, -0.2) is 57.5 Å². The van der Waals surface area contributed by atoms with E-state index in [9.17, 15) is 4.79 Å². The second kappa shape index (κ2) is 6.40. The van der Waals surface area contributed by atoms with Crippen molar-refractivity contribution in [2.45, 2.75) is 37.8 Å². The van der Waals surface area contributed by atoms with Crippen LogP contribution in [0.1, 0.15) is 36.2 Å². The van der Waals surface area contributed by atoms with Gasteiger partial charge >= 0.3 is 0 Å². The number of carbonyl (C=O) groups is 1. The van der Waals surface area contributed by atoms with E-state index in [1.807, 2.05) is 34.9 Å². The molecule has 0 bridgehead atoms. The number of hydrogen-bond donors (Lipinski definition) is 0. The van der Waals surface area contributed by atoms with Crippen LogP contribution in [0.25, 0.3) is 5.69 Å². The van der Waals surface area contributed by atoms with E-state index in [0.29, 0.717) is 17.8 Å². The lowest BCUT2D eigenvalue weighted by molar-refractivity contribution is 0.0656. The van der Waals surface area contributed by atoms with Crippen molar-refractivity contribution in [1.82, 2.24) is 19.4 Å². The Bertz CT molecular complexity index is 711. The maximum atomic E-state index is 13.2. The molecule has 126 valence electrons. The van der Waals surface area contributed by atoms with Gasteiger partial charge in [-0.1, -0.05) is 18.2 Å². The van der Waals surface area contributed by atoms with E-state index in [1.54, 1.807) is 12.5 Å². The van der Waals surface area contributed by atoms with E-state index < -0.39 is 0 Å². The summed E-state index contributed by atoms with van der Waals surface area (Å²) in [5.41, 5.74) is 1.64. The number of hydrogen-bond acceptors (Lipinski definition) is 3. The van der Waals surface area contributed by atoms with Gasteiger partial charge in [-0.05, 0) is 51.4 Å². The molecular weight excluding hydrogens is 300 g/mol. The lowest BCUT2D eigenvalue weighted by Gasteiger charge is -2.33. The zero-order valence-electron chi connectivity index (χ0n) is 14.1. The minimum absolute atomic E-state index is 0.110. The maximum Gasteiger partial charge on any atom is 0.272 e. The molecule has 0 aliphatic carbocycles. The second-order valence-corrected chi connectivity index (χ2v) is 6.88. The van der Waals surface area contributed by atoms with Crippen LogP contribution in [0.4, 0.5) is 0 Å². The summed E-state index contributed by atoms with van der Waals surface area (Å²) in [5, 5.41) is 0. The Morgan fingerprint density at radius 3 is 2.58 bits per heavy atom. The predicted molar refractivity (Wildman–Crippen MR) is 93.3 cm³/mol. The van der Waals surface area contributed by atoms with Crippen molar-refractivity contribution in [3.8, 4) is 5.69 Å². The molecule has 1 aromatic carbocycles. The first-order chi connectivity index (χ1) is 11.8. The Hall–Kier alpha value is -2.14. The van der Waals surface area contributed by atoms with E-state index in [4.69, 9.17) is 0 Å².